The quantitative estimate of drug-likeness (QED) is 0.338. The molecule has 0 atom stereocenters. The Bertz CT molecular complexity index is 809. The summed E-state index contributed by atoms with van der Waals surface area (Å²) in [6.07, 6.45) is 7.22. The first kappa shape index (κ1) is 18.4. The highest BCUT2D eigenvalue weighted by atomic mass is 16.5. The van der Waals surface area contributed by atoms with E-state index >= 15 is 0 Å². The maximum Gasteiger partial charge on any atom is 0.153 e. The number of aliphatic imine (C=N–C) groups is 2. The highest BCUT2D eigenvalue weighted by Crippen LogP contribution is 2.16. The molecular formula is C19H24N4O2. The van der Waals surface area contributed by atoms with Gasteiger partial charge in [0.25, 0.3) is 0 Å². The molecule has 0 aliphatic heterocycles. The van der Waals surface area contributed by atoms with Crippen molar-refractivity contribution in [2.75, 3.05) is 7.11 Å². The van der Waals surface area contributed by atoms with Crippen LogP contribution in [0.15, 0.2) is 62.3 Å². The molecule has 2 heterocycles. The molecule has 2 rings (SSSR count). The Labute approximate surface area is 148 Å². The van der Waals surface area contributed by atoms with E-state index in [0.717, 1.165) is 22.8 Å². The Balaban J connectivity index is 2.15. The van der Waals surface area contributed by atoms with E-state index in [4.69, 9.17) is 9.15 Å². The number of hydrogen-bond acceptors (Lipinski definition) is 4. The monoisotopic (exact) mass is 340 g/mol. The lowest BCUT2D eigenvalue weighted by Crippen LogP contribution is -2.02. The smallest absolute Gasteiger partial charge is 0.153 e. The minimum atomic E-state index is 0.634. The SMILES string of the molecule is CO/C(C)=C/C=C(\C)Cn1nc(C)cc1N=C(C)N=Cc1ccco1. The molecule has 0 radical (unpaired) electrons. The van der Waals surface area contributed by atoms with Gasteiger partial charge in [-0.25, -0.2) is 14.7 Å². The second-order valence-corrected chi connectivity index (χ2v) is 5.73. The minimum absolute atomic E-state index is 0.634. The molecular weight excluding hydrogens is 316 g/mol. The van der Waals surface area contributed by atoms with Crippen LogP contribution in [0.2, 0.25) is 0 Å². The van der Waals surface area contributed by atoms with Crippen LogP contribution in [0.3, 0.4) is 0 Å². The lowest BCUT2D eigenvalue weighted by atomic mass is 10.2. The van der Waals surface area contributed by atoms with Gasteiger partial charge in [0.2, 0.25) is 0 Å². The molecule has 0 amide bonds. The molecule has 6 nitrogen and oxygen atoms in total. The number of rotatable bonds is 6. The summed E-state index contributed by atoms with van der Waals surface area (Å²) < 4.78 is 12.2. The summed E-state index contributed by atoms with van der Waals surface area (Å²) in [7, 11) is 1.66. The fourth-order valence-electron chi connectivity index (χ4n) is 2.07. The zero-order valence-corrected chi connectivity index (χ0v) is 15.4. The number of furan rings is 1. The lowest BCUT2D eigenvalue weighted by molar-refractivity contribution is 0.293. The van der Waals surface area contributed by atoms with Crippen molar-refractivity contribution in [1.29, 1.82) is 0 Å². The maximum absolute atomic E-state index is 5.22. The summed E-state index contributed by atoms with van der Waals surface area (Å²) in [5, 5.41) is 4.51. The average Bonchev–Trinajstić information content (AvgIpc) is 3.20. The summed E-state index contributed by atoms with van der Waals surface area (Å²) in [5.41, 5.74) is 2.06. The van der Waals surface area contributed by atoms with Crippen LogP contribution in [0.5, 0.6) is 0 Å². The van der Waals surface area contributed by atoms with Crippen molar-refractivity contribution in [2.24, 2.45) is 9.98 Å². The minimum Gasteiger partial charge on any atom is -0.501 e. The lowest BCUT2D eigenvalue weighted by Gasteiger charge is -2.05. The summed E-state index contributed by atoms with van der Waals surface area (Å²) in [6, 6.07) is 5.60. The molecule has 0 spiro atoms. The fraction of sp³-hybridized carbons (Fsp3) is 0.316. The largest absolute Gasteiger partial charge is 0.501 e. The normalized spacial score (nSPS) is 13.7. The summed E-state index contributed by atoms with van der Waals surface area (Å²) in [5.74, 6) is 2.96. The van der Waals surface area contributed by atoms with Gasteiger partial charge < -0.3 is 9.15 Å². The molecule has 0 fully saturated rings. The summed E-state index contributed by atoms with van der Waals surface area (Å²) in [6.45, 7) is 8.41. The summed E-state index contributed by atoms with van der Waals surface area (Å²) >= 11 is 0. The zero-order chi connectivity index (χ0) is 18.2. The van der Waals surface area contributed by atoms with Crippen LogP contribution in [-0.2, 0) is 11.3 Å². The second kappa shape index (κ2) is 8.82. The van der Waals surface area contributed by atoms with Gasteiger partial charge in [-0.2, -0.15) is 5.10 Å². The van der Waals surface area contributed by atoms with Gasteiger partial charge >= 0.3 is 0 Å². The van der Waals surface area contributed by atoms with Crippen molar-refractivity contribution >= 4 is 17.9 Å². The fourth-order valence-corrected chi connectivity index (χ4v) is 2.07. The number of amidine groups is 1. The molecule has 0 N–H and O–H groups in total. The molecule has 132 valence electrons. The van der Waals surface area contributed by atoms with Gasteiger partial charge in [0, 0.05) is 6.07 Å². The Morgan fingerprint density at radius 1 is 1.32 bits per heavy atom. The van der Waals surface area contributed by atoms with Crippen LogP contribution in [0.1, 0.15) is 32.2 Å². The standard InChI is InChI=1S/C19H24N4O2/c1-14(8-9-16(3)24-5)13-23-19(11-15(2)22-23)21-17(4)20-12-18-7-6-10-25-18/h6-12H,13H2,1-5H3/b14-8+,16-9+,20-12?,21-17?. The molecule has 0 bridgehead atoms. The highest BCUT2D eigenvalue weighted by molar-refractivity contribution is 5.93. The third-order valence-electron chi connectivity index (χ3n) is 3.40. The zero-order valence-electron chi connectivity index (χ0n) is 15.4. The molecule has 2 aromatic rings. The van der Waals surface area contributed by atoms with E-state index in [1.165, 1.54) is 0 Å². The Hall–Kier alpha value is -2.89. The van der Waals surface area contributed by atoms with Gasteiger partial charge in [-0.1, -0.05) is 11.6 Å². The Morgan fingerprint density at radius 2 is 2.12 bits per heavy atom. The first-order valence-electron chi connectivity index (χ1n) is 8.03. The van der Waals surface area contributed by atoms with E-state index in [1.54, 1.807) is 19.6 Å². The molecule has 0 aliphatic carbocycles. The van der Waals surface area contributed by atoms with Crippen molar-refractivity contribution < 1.29 is 9.15 Å². The Kier molecular flexibility index (Phi) is 6.51. The number of nitrogens with zero attached hydrogens (tertiary/aromatic N) is 4. The average molecular weight is 340 g/mol. The van der Waals surface area contributed by atoms with E-state index in [2.05, 4.69) is 15.1 Å². The molecule has 0 saturated heterocycles. The molecule has 2 aromatic heterocycles. The molecule has 0 unspecified atom stereocenters. The maximum atomic E-state index is 5.22. The number of methoxy groups -OCH3 is 1. The predicted molar refractivity (Wildman–Crippen MR) is 101 cm³/mol. The number of ether oxygens (including phenoxy) is 1. The van der Waals surface area contributed by atoms with E-state index in [9.17, 15) is 0 Å². The molecule has 0 aliphatic rings. The van der Waals surface area contributed by atoms with E-state index in [1.807, 2.05) is 62.7 Å². The van der Waals surface area contributed by atoms with E-state index < -0.39 is 0 Å². The third kappa shape index (κ3) is 5.91. The topological polar surface area (TPSA) is 64.9 Å². The van der Waals surface area contributed by atoms with Gasteiger partial charge in [0.1, 0.15) is 11.6 Å². The number of allylic oxidation sites excluding steroid dienone is 4. The van der Waals surface area contributed by atoms with Crippen molar-refractivity contribution in [1.82, 2.24) is 9.78 Å². The van der Waals surface area contributed by atoms with Crippen LogP contribution in [0.4, 0.5) is 5.82 Å². The van der Waals surface area contributed by atoms with Crippen LogP contribution < -0.4 is 0 Å². The molecule has 0 saturated carbocycles. The van der Waals surface area contributed by atoms with E-state index in [-0.39, 0.29) is 0 Å². The molecule has 6 heteroatoms. The van der Waals surface area contributed by atoms with Gasteiger partial charge in [-0.05, 0) is 45.9 Å². The first-order chi connectivity index (χ1) is 12.0. The van der Waals surface area contributed by atoms with E-state index in [0.29, 0.717) is 18.1 Å². The van der Waals surface area contributed by atoms with Gasteiger partial charge in [0.05, 0.1) is 37.6 Å². The van der Waals surface area contributed by atoms with Gasteiger partial charge in [-0.15, -0.1) is 0 Å². The van der Waals surface area contributed by atoms with Gasteiger partial charge in [0.15, 0.2) is 5.82 Å². The van der Waals surface area contributed by atoms with Crippen molar-refractivity contribution in [3.8, 4) is 0 Å². The number of aryl methyl sites for hydroxylation is 1. The Morgan fingerprint density at radius 3 is 2.80 bits per heavy atom. The number of aromatic nitrogens is 2. The second-order valence-electron chi connectivity index (χ2n) is 5.73. The van der Waals surface area contributed by atoms with Gasteiger partial charge in [-0.3, -0.25) is 0 Å². The number of hydrogen-bond donors (Lipinski definition) is 0. The molecule has 25 heavy (non-hydrogen) atoms. The van der Waals surface area contributed by atoms with Crippen molar-refractivity contribution in [2.45, 2.75) is 34.2 Å². The van der Waals surface area contributed by atoms with Crippen LogP contribution in [0, 0.1) is 6.92 Å². The third-order valence-corrected chi connectivity index (χ3v) is 3.40. The van der Waals surface area contributed by atoms with Crippen molar-refractivity contribution in [3.63, 3.8) is 0 Å². The first-order valence-corrected chi connectivity index (χ1v) is 8.03. The molecule has 0 aromatic carbocycles. The highest BCUT2D eigenvalue weighted by Gasteiger charge is 2.05. The van der Waals surface area contributed by atoms with Crippen LogP contribution >= 0.6 is 0 Å². The predicted octanol–water partition coefficient (Wildman–Crippen LogP) is 4.45. The summed E-state index contributed by atoms with van der Waals surface area (Å²) in [4.78, 5) is 8.87. The van der Waals surface area contributed by atoms with Crippen LogP contribution in [0.25, 0.3) is 0 Å². The van der Waals surface area contributed by atoms with Crippen molar-refractivity contribution in [3.05, 3.63) is 59.4 Å². The van der Waals surface area contributed by atoms with Crippen LogP contribution in [-0.4, -0.2) is 28.9 Å².